The van der Waals surface area contributed by atoms with Gasteiger partial charge < -0.3 is 35.6 Å². The van der Waals surface area contributed by atoms with E-state index in [-0.39, 0.29) is 6.61 Å². The maximum atomic E-state index is 10.5. The van der Waals surface area contributed by atoms with Crippen LogP contribution in [0.25, 0.3) is 0 Å². The van der Waals surface area contributed by atoms with Crippen LogP contribution in [0.4, 0.5) is 0 Å². The standard InChI is InChI=1S/C10H19NO7/c1-4-7(13)8(14)6(2-12)18-10(4)17-3-5(11)9(15)16/h4-8,10,12-14H,2-3,11H2,1H3,(H,15,16)/t4-,5?,6?,7-,8?,10-/m0/s1. The van der Waals surface area contributed by atoms with Gasteiger partial charge >= 0.3 is 5.97 Å². The van der Waals surface area contributed by atoms with Crippen LogP contribution in [0, 0.1) is 5.92 Å². The van der Waals surface area contributed by atoms with Crippen LogP contribution >= 0.6 is 0 Å². The summed E-state index contributed by atoms with van der Waals surface area (Å²) in [5, 5.41) is 36.9. The Morgan fingerprint density at radius 1 is 1.44 bits per heavy atom. The minimum atomic E-state index is -1.21. The van der Waals surface area contributed by atoms with E-state index in [9.17, 15) is 15.0 Å². The molecule has 106 valence electrons. The smallest absolute Gasteiger partial charge is 0.322 e. The van der Waals surface area contributed by atoms with Crippen molar-refractivity contribution in [3.63, 3.8) is 0 Å². The van der Waals surface area contributed by atoms with Gasteiger partial charge in [-0.3, -0.25) is 4.79 Å². The summed E-state index contributed by atoms with van der Waals surface area (Å²) >= 11 is 0. The first-order chi connectivity index (χ1) is 8.38. The second-order valence-corrected chi connectivity index (χ2v) is 4.34. The van der Waals surface area contributed by atoms with Gasteiger partial charge in [-0.1, -0.05) is 6.92 Å². The summed E-state index contributed by atoms with van der Waals surface area (Å²) in [5.41, 5.74) is 5.27. The molecular weight excluding hydrogens is 246 g/mol. The van der Waals surface area contributed by atoms with E-state index in [0.717, 1.165) is 0 Å². The third kappa shape index (κ3) is 3.37. The molecule has 0 aliphatic carbocycles. The predicted molar refractivity (Wildman–Crippen MR) is 58.5 cm³/mol. The van der Waals surface area contributed by atoms with E-state index in [1.807, 2.05) is 0 Å². The molecular formula is C10H19NO7. The van der Waals surface area contributed by atoms with Crippen LogP contribution in [0.3, 0.4) is 0 Å². The average molecular weight is 265 g/mol. The quantitative estimate of drug-likeness (QED) is 0.367. The topological polar surface area (TPSA) is 142 Å². The molecule has 0 aromatic heterocycles. The fourth-order valence-corrected chi connectivity index (χ4v) is 1.68. The number of aliphatic hydroxyl groups excluding tert-OH is 3. The lowest BCUT2D eigenvalue weighted by atomic mass is 9.92. The molecule has 1 heterocycles. The highest BCUT2D eigenvalue weighted by molar-refractivity contribution is 5.73. The summed E-state index contributed by atoms with van der Waals surface area (Å²) in [6.07, 6.45) is -4.23. The number of ether oxygens (including phenoxy) is 2. The Hall–Kier alpha value is -0.770. The first kappa shape index (κ1) is 15.3. The number of carbonyl (C=O) groups is 1. The molecule has 0 aromatic carbocycles. The molecule has 1 fully saturated rings. The van der Waals surface area contributed by atoms with Crippen LogP contribution in [-0.4, -0.2) is 70.3 Å². The maximum Gasteiger partial charge on any atom is 0.322 e. The van der Waals surface area contributed by atoms with Crippen molar-refractivity contribution in [2.75, 3.05) is 13.2 Å². The van der Waals surface area contributed by atoms with E-state index >= 15 is 0 Å². The van der Waals surface area contributed by atoms with Crippen molar-refractivity contribution >= 4 is 5.97 Å². The Bertz CT molecular complexity index is 285. The van der Waals surface area contributed by atoms with E-state index in [1.54, 1.807) is 6.92 Å². The number of rotatable bonds is 5. The van der Waals surface area contributed by atoms with Crippen LogP contribution in [-0.2, 0) is 14.3 Å². The van der Waals surface area contributed by atoms with Crippen molar-refractivity contribution in [3.05, 3.63) is 0 Å². The highest BCUT2D eigenvalue weighted by atomic mass is 16.7. The van der Waals surface area contributed by atoms with E-state index in [1.165, 1.54) is 0 Å². The van der Waals surface area contributed by atoms with Crippen LogP contribution in [0.1, 0.15) is 6.92 Å². The number of carboxylic acid groups (broad SMARTS) is 1. The summed E-state index contributed by atoms with van der Waals surface area (Å²) in [7, 11) is 0. The molecule has 6 N–H and O–H groups in total. The molecule has 18 heavy (non-hydrogen) atoms. The summed E-state index contributed by atoms with van der Waals surface area (Å²) in [6, 6.07) is -1.20. The number of hydrogen-bond donors (Lipinski definition) is 5. The SMILES string of the molecule is C[C@@H]1[C@@H](OCC(N)C(=O)O)OC(CO)C(O)[C@H]1O. The third-order valence-corrected chi connectivity index (χ3v) is 2.94. The fraction of sp³-hybridized carbons (Fsp3) is 0.900. The molecule has 0 saturated carbocycles. The van der Waals surface area contributed by atoms with Crippen LogP contribution in [0.2, 0.25) is 0 Å². The highest BCUT2D eigenvalue weighted by Crippen LogP contribution is 2.26. The first-order valence-corrected chi connectivity index (χ1v) is 5.61. The largest absolute Gasteiger partial charge is 0.480 e. The Morgan fingerprint density at radius 3 is 2.56 bits per heavy atom. The Kier molecular flexibility index (Phi) is 5.45. The molecule has 6 atom stereocenters. The zero-order valence-corrected chi connectivity index (χ0v) is 9.97. The Balaban J connectivity index is 2.56. The Labute approximate surface area is 104 Å². The van der Waals surface area contributed by atoms with Gasteiger partial charge in [0.25, 0.3) is 0 Å². The summed E-state index contributed by atoms with van der Waals surface area (Å²) in [5.74, 6) is -1.78. The van der Waals surface area contributed by atoms with Gasteiger partial charge in [0.05, 0.1) is 19.3 Å². The molecule has 0 aromatic rings. The van der Waals surface area contributed by atoms with Gasteiger partial charge in [0, 0.05) is 5.92 Å². The molecule has 8 heteroatoms. The lowest BCUT2D eigenvalue weighted by Crippen LogP contribution is -2.56. The van der Waals surface area contributed by atoms with Crippen molar-refractivity contribution in [2.24, 2.45) is 11.7 Å². The monoisotopic (exact) mass is 265 g/mol. The predicted octanol–water partition coefficient (Wildman–Crippen LogP) is -2.51. The zero-order chi connectivity index (χ0) is 13.9. The van der Waals surface area contributed by atoms with Crippen LogP contribution in [0.5, 0.6) is 0 Å². The van der Waals surface area contributed by atoms with E-state index < -0.39 is 49.1 Å². The van der Waals surface area contributed by atoms with Crippen molar-refractivity contribution < 1.29 is 34.7 Å². The molecule has 0 amide bonds. The number of hydrogen-bond acceptors (Lipinski definition) is 7. The zero-order valence-electron chi connectivity index (χ0n) is 9.97. The summed E-state index contributed by atoms with van der Waals surface area (Å²) in [4.78, 5) is 10.5. The van der Waals surface area contributed by atoms with Crippen LogP contribution in [0.15, 0.2) is 0 Å². The molecule has 0 radical (unpaired) electrons. The van der Waals surface area contributed by atoms with Crippen molar-refractivity contribution in [2.45, 2.75) is 37.6 Å². The summed E-state index contributed by atoms with van der Waals surface area (Å²) < 4.78 is 10.4. The van der Waals surface area contributed by atoms with Crippen LogP contribution < -0.4 is 5.73 Å². The van der Waals surface area contributed by atoms with Gasteiger partial charge in [0.1, 0.15) is 18.2 Å². The van der Waals surface area contributed by atoms with Gasteiger partial charge in [0.15, 0.2) is 6.29 Å². The molecule has 1 rings (SSSR count). The van der Waals surface area contributed by atoms with Gasteiger partial charge in [-0.15, -0.1) is 0 Å². The lowest BCUT2D eigenvalue weighted by Gasteiger charge is -2.40. The van der Waals surface area contributed by atoms with Crippen molar-refractivity contribution in [3.8, 4) is 0 Å². The van der Waals surface area contributed by atoms with Crippen molar-refractivity contribution in [1.29, 1.82) is 0 Å². The summed E-state index contributed by atoms with van der Waals surface area (Å²) in [6.45, 7) is 0.819. The number of carboxylic acids is 1. The number of aliphatic hydroxyl groups is 3. The molecule has 3 unspecified atom stereocenters. The molecule has 1 saturated heterocycles. The number of aliphatic carboxylic acids is 1. The normalized spacial score (nSPS) is 38.4. The van der Waals surface area contributed by atoms with Gasteiger partial charge in [-0.25, -0.2) is 0 Å². The van der Waals surface area contributed by atoms with Gasteiger partial charge in [-0.05, 0) is 0 Å². The van der Waals surface area contributed by atoms with Gasteiger partial charge in [0.2, 0.25) is 0 Å². The maximum absolute atomic E-state index is 10.5. The van der Waals surface area contributed by atoms with E-state index in [2.05, 4.69) is 0 Å². The third-order valence-electron chi connectivity index (χ3n) is 2.94. The first-order valence-electron chi connectivity index (χ1n) is 5.61. The minimum Gasteiger partial charge on any atom is -0.480 e. The van der Waals surface area contributed by atoms with E-state index in [0.29, 0.717) is 0 Å². The number of nitrogens with two attached hydrogens (primary N) is 1. The fourth-order valence-electron chi connectivity index (χ4n) is 1.68. The minimum absolute atomic E-state index is 0.286. The average Bonchev–Trinajstić information content (AvgIpc) is 2.34. The molecule has 0 spiro atoms. The molecule has 8 nitrogen and oxygen atoms in total. The highest BCUT2D eigenvalue weighted by Gasteiger charge is 2.42. The molecule has 1 aliphatic heterocycles. The van der Waals surface area contributed by atoms with Crippen molar-refractivity contribution in [1.82, 2.24) is 0 Å². The van der Waals surface area contributed by atoms with E-state index in [4.69, 9.17) is 25.4 Å². The second-order valence-electron chi connectivity index (χ2n) is 4.34. The Morgan fingerprint density at radius 2 is 2.06 bits per heavy atom. The lowest BCUT2D eigenvalue weighted by molar-refractivity contribution is -0.282. The molecule has 1 aliphatic rings. The second kappa shape index (κ2) is 6.41. The molecule has 0 bridgehead atoms. The van der Waals surface area contributed by atoms with Gasteiger partial charge in [-0.2, -0.15) is 0 Å².